The molecule has 2 amide bonds. The highest BCUT2D eigenvalue weighted by Crippen LogP contribution is 2.40. The fraction of sp³-hybridized carbons (Fsp3) is 0.562. The Bertz CT molecular complexity index is 396. The molecule has 0 aliphatic heterocycles. The van der Waals surface area contributed by atoms with E-state index in [-0.39, 0.29) is 18.1 Å². The molecule has 0 spiro atoms. The van der Waals surface area contributed by atoms with E-state index < -0.39 is 0 Å². The zero-order chi connectivity index (χ0) is 13.7. The Morgan fingerprint density at radius 1 is 1.16 bits per heavy atom. The quantitative estimate of drug-likeness (QED) is 0.805. The minimum Gasteiger partial charge on any atom is -0.335 e. The first kappa shape index (κ1) is 13.9. The monoisotopic (exact) mass is 260 g/mol. The maximum absolute atomic E-state index is 12.1. The van der Waals surface area contributed by atoms with Gasteiger partial charge < -0.3 is 10.6 Å². The van der Waals surface area contributed by atoms with Gasteiger partial charge >= 0.3 is 6.03 Å². The number of nitrogens with one attached hydrogen (secondary N) is 2. The summed E-state index contributed by atoms with van der Waals surface area (Å²) >= 11 is 0. The first-order valence-corrected chi connectivity index (χ1v) is 7.36. The predicted octanol–water partition coefficient (Wildman–Crippen LogP) is 3.63. The van der Waals surface area contributed by atoms with Crippen LogP contribution in [0.2, 0.25) is 0 Å². The average molecular weight is 260 g/mol. The van der Waals surface area contributed by atoms with Crippen LogP contribution in [0.3, 0.4) is 0 Å². The Kier molecular flexibility index (Phi) is 4.83. The molecule has 1 aliphatic rings. The molecular weight excluding hydrogens is 236 g/mol. The van der Waals surface area contributed by atoms with Crippen LogP contribution in [0.4, 0.5) is 4.79 Å². The molecule has 0 aromatic heterocycles. The molecule has 1 aliphatic carbocycles. The Balaban J connectivity index is 1.96. The lowest BCUT2D eigenvalue weighted by atomic mass is 10.0. The molecule has 0 unspecified atom stereocenters. The van der Waals surface area contributed by atoms with E-state index in [0.717, 1.165) is 12.8 Å². The summed E-state index contributed by atoms with van der Waals surface area (Å²) in [5, 5.41) is 6.19. The maximum Gasteiger partial charge on any atom is 0.315 e. The number of carbonyl (C=O) groups excluding carboxylic acids is 1. The van der Waals surface area contributed by atoms with Gasteiger partial charge in [0.1, 0.15) is 0 Å². The molecule has 19 heavy (non-hydrogen) atoms. The van der Waals surface area contributed by atoms with Gasteiger partial charge in [-0.1, -0.05) is 44.2 Å². The Labute approximate surface area is 115 Å². The van der Waals surface area contributed by atoms with Gasteiger partial charge in [-0.15, -0.1) is 0 Å². The fourth-order valence-electron chi connectivity index (χ4n) is 2.42. The second kappa shape index (κ2) is 6.60. The highest BCUT2D eigenvalue weighted by atomic mass is 16.2. The summed E-state index contributed by atoms with van der Waals surface area (Å²) in [4.78, 5) is 12.1. The van der Waals surface area contributed by atoms with Crippen molar-refractivity contribution in [3.05, 3.63) is 35.9 Å². The lowest BCUT2D eigenvalue weighted by Gasteiger charge is -2.22. The first-order chi connectivity index (χ1) is 9.24. The van der Waals surface area contributed by atoms with Crippen LogP contribution in [0, 0.1) is 5.92 Å². The van der Waals surface area contributed by atoms with Gasteiger partial charge in [0.15, 0.2) is 0 Å². The largest absolute Gasteiger partial charge is 0.335 e. The van der Waals surface area contributed by atoms with Crippen LogP contribution in [0.1, 0.15) is 51.1 Å². The third kappa shape index (κ3) is 3.98. The van der Waals surface area contributed by atoms with Crippen molar-refractivity contribution in [3.63, 3.8) is 0 Å². The standard InChI is InChI=1S/C16H24N2O/c1-3-14(4-2)17-16(19)18-15(13-10-11-13)12-8-6-5-7-9-12/h5-9,13-15H,3-4,10-11H2,1-2H3,(H2,17,18,19)/t15-/m1/s1. The van der Waals surface area contributed by atoms with Crippen molar-refractivity contribution in [2.75, 3.05) is 0 Å². The molecule has 2 rings (SSSR count). The van der Waals surface area contributed by atoms with E-state index in [0.29, 0.717) is 5.92 Å². The average Bonchev–Trinajstić information content (AvgIpc) is 3.27. The summed E-state index contributed by atoms with van der Waals surface area (Å²) < 4.78 is 0. The van der Waals surface area contributed by atoms with E-state index in [1.807, 2.05) is 18.2 Å². The van der Waals surface area contributed by atoms with Crippen LogP contribution in [0.25, 0.3) is 0 Å². The van der Waals surface area contributed by atoms with E-state index in [1.54, 1.807) is 0 Å². The van der Waals surface area contributed by atoms with Crippen molar-refractivity contribution in [3.8, 4) is 0 Å². The molecule has 104 valence electrons. The summed E-state index contributed by atoms with van der Waals surface area (Å²) in [5.74, 6) is 0.606. The van der Waals surface area contributed by atoms with Gasteiger partial charge in [-0.05, 0) is 37.2 Å². The second-order valence-electron chi connectivity index (χ2n) is 5.36. The summed E-state index contributed by atoms with van der Waals surface area (Å²) in [5.41, 5.74) is 1.21. The molecule has 0 bridgehead atoms. The van der Waals surface area contributed by atoms with Gasteiger partial charge in [-0.2, -0.15) is 0 Å². The van der Waals surface area contributed by atoms with E-state index >= 15 is 0 Å². The summed E-state index contributed by atoms with van der Waals surface area (Å²) in [7, 11) is 0. The highest BCUT2D eigenvalue weighted by Gasteiger charge is 2.33. The van der Waals surface area contributed by atoms with Crippen molar-refractivity contribution >= 4 is 6.03 Å². The van der Waals surface area contributed by atoms with Crippen molar-refractivity contribution in [2.45, 2.75) is 51.6 Å². The van der Waals surface area contributed by atoms with Crippen molar-refractivity contribution in [1.29, 1.82) is 0 Å². The van der Waals surface area contributed by atoms with E-state index in [4.69, 9.17) is 0 Å². The molecule has 0 radical (unpaired) electrons. The van der Waals surface area contributed by atoms with Crippen LogP contribution in [-0.4, -0.2) is 12.1 Å². The molecule has 1 aromatic rings. The third-order valence-electron chi connectivity index (χ3n) is 3.86. The molecule has 3 heteroatoms. The van der Waals surface area contributed by atoms with Crippen molar-refractivity contribution < 1.29 is 4.79 Å². The molecule has 0 saturated heterocycles. The van der Waals surface area contributed by atoms with E-state index in [9.17, 15) is 4.79 Å². The van der Waals surface area contributed by atoms with Gasteiger partial charge in [-0.25, -0.2) is 4.79 Å². The lowest BCUT2D eigenvalue weighted by molar-refractivity contribution is 0.230. The summed E-state index contributed by atoms with van der Waals surface area (Å²) in [6, 6.07) is 10.7. The number of amides is 2. The molecule has 1 fully saturated rings. The van der Waals surface area contributed by atoms with Crippen LogP contribution in [0.15, 0.2) is 30.3 Å². The minimum absolute atomic E-state index is 0.0329. The van der Waals surface area contributed by atoms with Crippen LogP contribution >= 0.6 is 0 Å². The molecule has 0 heterocycles. The number of urea groups is 1. The van der Waals surface area contributed by atoms with Gasteiger partial charge in [0.05, 0.1) is 6.04 Å². The lowest BCUT2D eigenvalue weighted by Crippen LogP contribution is -2.43. The summed E-state index contributed by atoms with van der Waals surface area (Å²) in [6.07, 6.45) is 4.38. The molecule has 3 nitrogen and oxygen atoms in total. The molecule has 1 aromatic carbocycles. The minimum atomic E-state index is -0.0329. The Hall–Kier alpha value is -1.51. The molecule has 1 saturated carbocycles. The number of benzene rings is 1. The topological polar surface area (TPSA) is 41.1 Å². The number of hydrogen-bond acceptors (Lipinski definition) is 1. The smallest absolute Gasteiger partial charge is 0.315 e. The number of hydrogen-bond donors (Lipinski definition) is 2. The fourth-order valence-corrected chi connectivity index (χ4v) is 2.42. The van der Waals surface area contributed by atoms with Crippen molar-refractivity contribution in [1.82, 2.24) is 10.6 Å². The second-order valence-corrected chi connectivity index (χ2v) is 5.36. The first-order valence-electron chi connectivity index (χ1n) is 7.36. The van der Waals surface area contributed by atoms with Crippen LogP contribution in [-0.2, 0) is 0 Å². The van der Waals surface area contributed by atoms with Crippen molar-refractivity contribution in [2.24, 2.45) is 5.92 Å². The number of rotatable bonds is 6. The van der Waals surface area contributed by atoms with Crippen LogP contribution in [0.5, 0.6) is 0 Å². The normalized spacial score (nSPS) is 16.2. The SMILES string of the molecule is CCC(CC)NC(=O)N[C@H](c1ccccc1)C1CC1. The Morgan fingerprint density at radius 2 is 1.79 bits per heavy atom. The van der Waals surface area contributed by atoms with E-state index in [1.165, 1.54) is 18.4 Å². The molecular formula is C16H24N2O. The predicted molar refractivity (Wildman–Crippen MR) is 77.9 cm³/mol. The zero-order valence-electron chi connectivity index (χ0n) is 11.9. The van der Waals surface area contributed by atoms with Gasteiger partial charge in [0, 0.05) is 6.04 Å². The van der Waals surface area contributed by atoms with Gasteiger partial charge in [0.25, 0.3) is 0 Å². The summed E-state index contributed by atoms with van der Waals surface area (Å²) in [6.45, 7) is 4.20. The third-order valence-corrected chi connectivity index (χ3v) is 3.86. The van der Waals surface area contributed by atoms with Gasteiger partial charge in [-0.3, -0.25) is 0 Å². The number of carbonyl (C=O) groups is 1. The van der Waals surface area contributed by atoms with E-state index in [2.05, 4.69) is 36.6 Å². The highest BCUT2D eigenvalue weighted by molar-refractivity contribution is 5.74. The molecule has 2 N–H and O–H groups in total. The zero-order valence-corrected chi connectivity index (χ0v) is 11.9. The molecule has 1 atom stereocenters. The maximum atomic E-state index is 12.1. The van der Waals surface area contributed by atoms with Crippen LogP contribution < -0.4 is 10.6 Å². The Morgan fingerprint density at radius 3 is 2.32 bits per heavy atom. The van der Waals surface area contributed by atoms with Gasteiger partial charge in [0.2, 0.25) is 0 Å².